The summed E-state index contributed by atoms with van der Waals surface area (Å²) in [6.45, 7) is 2.15. The number of ether oxygens (including phenoxy) is 1. The molecule has 0 radical (unpaired) electrons. The van der Waals surface area contributed by atoms with Gasteiger partial charge in [-0.3, -0.25) is 4.79 Å². The summed E-state index contributed by atoms with van der Waals surface area (Å²) in [5, 5.41) is 0. The standard InChI is InChI=1S/C8H14O2/c1-3-4-6-5-7(6)8(9)10-2/h6-7H,3-5H2,1-2H3/t6-,7+/m0/s1. The average molecular weight is 142 g/mol. The summed E-state index contributed by atoms with van der Waals surface area (Å²) in [7, 11) is 1.46. The van der Waals surface area contributed by atoms with Gasteiger partial charge in [-0.2, -0.15) is 0 Å². The minimum Gasteiger partial charge on any atom is -0.469 e. The highest BCUT2D eigenvalue weighted by Gasteiger charge is 2.42. The Hall–Kier alpha value is -0.530. The van der Waals surface area contributed by atoms with E-state index in [-0.39, 0.29) is 11.9 Å². The fourth-order valence-electron chi connectivity index (χ4n) is 1.38. The maximum atomic E-state index is 10.8. The fraction of sp³-hybridized carbons (Fsp3) is 0.875. The highest BCUT2D eigenvalue weighted by Crippen LogP contribution is 2.42. The Morgan fingerprint density at radius 2 is 2.40 bits per heavy atom. The molecule has 2 atom stereocenters. The number of hydrogen-bond acceptors (Lipinski definition) is 2. The van der Waals surface area contributed by atoms with Gasteiger partial charge in [-0.1, -0.05) is 13.3 Å². The van der Waals surface area contributed by atoms with Crippen LogP contribution in [0.15, 0.2) is 0 Å². The van der Waals surface area contributed by atoms with Crippen molar-refractivity contribution in [1.82, 2.24) is 0 Å². The zero-order valence-electron chi connectivity index (χ0n) is 6.59. The van der Waals surface area contributed by atoms with Crippen molar-refractivity contribution in [2.24, 2.45) is 11.8 Å². The van der Waals surface area contributed by atoms with Crippen LogP contribution in [-0.2, 0) is 9.53 Å². The number of carbonyl (C=O) groups excluding carboxylic acids is 1. The third-order valence-corrected chi connectivity index (χ3v) is 2.09. The molecule has 0 N–H and O–H groups in total. The molecule has 1 aliphatic rings. The lowest BCUT2D eigenvalue weighted by molar-refractivity contribution is -0.142. The van der Waals surface area contributed by atoms with Gasteiger partial charge in [0.15, 0.2) is 0 Å². The number of rotatable bonds is 3. The molecular formula is C8H14O2. The van der Waals surface area contributed by atoms with Gasteiger partial charge in [-0.05, 0) is 18.8 Å². The third-order valence-electron chi connectivity index (χ3n) is 2.09. The van der Waals surface area contributed by atoms with Gasteiger partial charge >= 0.3 is 5.97 Å². The molecule has 2 heteroatoms. The summed E-state index contributed by atoms with van der Waals surface area (Å²) < 4.78 is 4.61. The second-order valence-corrected chi connectivity index (χ2v) is 2.91. The van der Waals surface area contributed by atoms with E-state index in [0.717, 1.165) is 6.42 Å². The first kappa shape index (κ1) is 7.58. The molecule has 1 aliphatic carbocycles. The molecule has 1 rings (SSSR count). The quantitative estimate of drug-likeness (QED) is 0.559. The van der Waals surface area contributed by atoms with Crippen molar-refractivity contribution >= 4 is 5.97 Å². The maximum absolute atomic E-state index is 10.8. The molecule has 0 aromatic rings. The van der Waals surface area contributed by atoms with E-state index in [4.69, 9.17) is 0 Å². The predicted octanol–water partition coefficient (Wildman–Crippen LogP) is 1.60. The number of hydrogen-bond donors (Lipinski definition) is 0. The molecule has 10 heavy (non-hydrogen) atoms. The van der Waals surface area contributed by atoms with E-state index in [9.17, 15) is 4.79 Å². The van der Waals surface area contributed by atoms with Gasteiger partial charge in [0.2, 0.25) is 0 Å². The molecule has 0 bridgehead atoms. The van der Waals surface area contributed by atoms with Crippen molar-refractivity contribution < 1.29 is 9.53 Å². The van der Waals surface area contributed by atoms with Crippen LogP contribution in [0.2, 0.25) is 0 Å². The molecule has 0 unspecified atom stereocenters. The van der Waals surface area contributed by atoms with E-state index < -0.39 is 0 Å². The molecule has 0 aromatic heterocycles. The van der Waals surface area contributed by atoms with Crippen LogP contribution in [0.3, 0.4) is 0 Å². The SMILES string of the molecule is CCC[C@H]1C[C@H]1C(=O)OC. The van der Waals surface area contributed by atoms with E-state index >= 15 is 0 Å². The minimum absolute atomic E-state index is 0.0153. The maximum Gasteiger partial charge on any atom is 0.308 e. The van der Waals surface area contributed by atoms with Crippen molar-refractivity contribution in [3.05, 3.63) is 0 Å². The average Bonchev–Trinajstić information content (AvgIpc) is 2.67. The summed E-state index contributed by atoms with van der Waals surface area (Å²) >= 11 is 0. The molecule has 58 valence electrons. The zero-order chi connectivity index (χ0) is 7.56. The Morgan fingerprint density at radius 1 is 1.70 bits per heavy atom. The summed E-state index contributed by atoms with van der Waals surface area (Å²) in [6.07, 6.45) is 3.42. The highest BCUT2D eigenvalue weighted by atomic mass is 16.5. The van der Waals surface area contributed by atoms with E-state index in [2.05, 4.69) is 11.7 Å². The smallest absolute Gasteiger partial charge is 0.308 e. The molecule has 0 spiro atoms. The summed E-state index contributed by atoms with van der Waals surface area (Å²) in [5.41, 5.74) is 0. The largest absolute Gasteiger partial charge is 0.469 e. The second kappa shape index (κ2) is 3.04. The molecule has 0 aliphatic heterocycles. The molecular weight excluding hydrogens is 128 g/mol. The second-order valence-electron chi connectivity index (χ2n) is 2.91. The Labute approximate surface area is 61.6 Å². The summed E-state index contributed by atoms with van der Waals surface area (Å²) in [4.78, 5) is 10.8. The Balaban J connectivity index is 2.18. The first-order valence-corrected chi connectivity index (χ1v) is 3.87. The fourth-order valence-corrected chi connectivity index (χ4v) is 1.38. The van der Waals surface area contributed by atoms with Crippen LogP contribution in [0.1, 0.15) is 26.2 Å². The van der Waals surface area contributed by atoms with Crippen molar-refractivity contribution in [3.63, 3.8) is 0 Å². The van der Waals surface area contributed by atoms with Gasteiger partial charge < -0.3 is 4.74 Å². The summed E-state index contributed by atoms with van der Waals surface area (Å²) in [6, 6.07) is 0. The topological polar surface area (TPSA) is 26.3 Å². The van der Waals surface area contributed by atoms with Gasteiger partial charge in [0.1, 0.15) is 0 Å². The molecule has 0 aromatic carbocycles. The molecule has 0 saturated heterocycles. The zero-order valence-corrected chi connectivity index (χ0v) is 6.59. The number of esters is 1. The molecule has 1 fully saturated rings. The van der Waals surface area contributed by atoms with E-state index in [1.807, 2.05) is 0 Å². The van der Waals surface area contributed by atoms with Crippen LogP contribution < -0.4 is 0 Å². The lowest BCUT2D eigenvalue weighted by atomic mass is 10.2. The molecule has 1 saturated carbocycles. The third kappa shape index (κ3) is 1.49. The highest BCUT2D eigenvalue weighted by molar-refractivity contribution is 5.75. The van der Waals surface area contributed by atoms with Crippen LogP contribution in [0.4, 0.5) is 0 Å². The molecule has 0 amide bonds. The van der Waals surface area contributed by atoms with Gasteiger partial charge in [0.25, 0.3) is 0 Å². The molecule has 0 heterocycles. The normalized spacial score (nSPS) is 29.8. The lowest BCUT2D eigenvalue weighted by Crippen LogP contribution is -2.03. The van der Waals surface area contributed by atoms with E-state index in [0.29, 0.717) is 5.92 Å². The first-order valence-electron chi connectivity index (χ1n) is 3.87. The van der Waals surface area contributed by atoms with Gasteiger partial charge in [-0.15, -0.1) is 0 Å². The van der Waals surface area contributed by atoms with Crippen LogP contribution in [0.25, 0.3) is 0 Å². The predicted molar refractivity (Wildman–Crippen MR) is 38.5 cm³/mol. The van der Waals surface area contributed by atoms with Crippen molar-refractivity contribution in [2.75, 3.05) is 7.11 Å². The van der Waals surface area contributed by atoms with Crippen LogP contribution >= 0.6 is 0 Å². The Bertz CT molecular complexity index is 131. The Kier molecular flexibility index (Phi) is 2.30. The van der Waals surface area contributed by atoms with Gasteiger partial charge in [-0.25, -0.2) is 0 Å². The Morgan fingerprint density at radius 3 is 2.90 bits per heavy atom. The monoisotopic (exact) mass is 142 g/mol. The van der Waals surface area contributed by atoms with Crippen LogP contribution in [0.5, 0.6) is 0 Å². The van der Waals surface area contributed by atoms with E-state index in [1.165, 1.54) is 20.0 Å². The van der Waals surface area contributed by atoms with E-state index in [1.54, 1.807) is 0 Å². The van der Waals surface area contributed by atoms with Gasteiger partial charge in [0.05, 0.1) is 13.0 Å². The van der Waals surface area contributed by atoms with Crippen molar-refractivity contribution in [3.8, 4) is 0 Å². The lowest BCUT2D eigenvalue weighted by Gasteiger charge is -1.95. The summed E-state index contributed by atoms with van der Waals surface area (Å²) in [5.74, 6) is 0.862. The van der Waals surface area contributed by atoms with Crippen LogP contribution in [0, 0.1) is 11.8 Å². The minimum atomic E-state index is -0.0153. The number of methoxy groups -OCH3 is 1. The van der Waals surface area contributed by atoms with Crippen molar-refractivity contribution in [1.29, 1.82) is 0 Å². The first-order chi connectivity index (χ1) is 4.79. The number of carbonyl (C=O) groups is 1. The molecule has 2 nitrogen and oxygen atoms in total. The van der Waals surface area contributed by atoms with Crippen molar-refractivity contribution in [2.45, 2.75) is 26.2 Å². The van der Waals surface area contributed by atoms with Gasteiger partial charge in [0, 0.05) is 0 Å². The van der Waals surface area contributed by atoms with Crippen LogP contribution in [-0.4, -0.2) is 13.1 Å².